The Labute approximate surface area is 330 Å². The number of carbonyl (C=O) groups is 1. The second-order valence-electron chi connectivity index (χ2n) is 16.0. The molecule has 3 N–H and O–H groups in total. The fraction of sp³-hybridized carbons (Fsp3) is 0.891. The molecule has 0 aliphatic rings. The largest absolute Gasteiger partial charge is 0.391 e. The van der Waals surface area contributed by atoms with Gasteiger partial charge in [-0.15, -0.1) is 0 Å². The Hall–Kier alpha value is -1.18. The minimum Gasteiger partial charge on any atom is -0.391 e. The molecule has 2 atom stereocenters. The second kappa shape index (κ2) is 40.5. The molecule has 7 heteroatoms. The summed E-state index contributed by atoms with van der Waals surface area (Å²) in [5.74, 6) is -0.900. The van der Waals surface area contributed by atoms with Crippen LogP contribution in [0.25, 0.3) is 0 Å². The lowest BCUT2D eigenvalue weighted by Crippen LogP contribution is -2.47. The maximum absolute atomic E-state index is 12.6. The van der Waals surface area contributed by atoms with Gasteiger partial charge in [0.05, 0.1) is 17.9 Å². The fourth-order valence-electron chi connectivity index (χ4n) is 7.19. The van der Waals surface area contributed by atoms with Gasteiger partial charge in [-0.2, -0.15) is 8.42 Å². The van der Waals surface area contributed by atoms with Crippen molar-refractivity contribution in [3.63, 3.8) is 0 Å². The van der Waals surface area contributed by atoms with Crippen molar-refractivity contribution < 1.29 is 22.9 Å². The van der Waals surface area contributed by atoms with Gasteiger partial charge < -0.3 is 10.4 Å². The highest BCUT2D eigenvalue weighted by molar-refractivity contribution is 7.85. The van der Waals surface area contributed by atoms with Gasteiger partial charge in [-0.1, -0.05) is 218 Å². The molecule has 0 radical (unpaired) electrons. The van der Waals surface area contributed by atoms with E-state index in [1.54, 1.807) is 0 Å². The van der Waals surface area contributed by atoms with Crippen molar-refractivity contribution >= 4 is 16.0 Å². The third-order valence-electron chi connectivity index (χ3n) is 10.7. The number of hydrogen-bond donors (Lipinski definition) is 3. The second-order valence-corrected chi connectivity index (χ2v) is 17.5. The summed E-state index contributed by atoms with van der Waals surface area (Å²) in [5, 5.41) is 13.4. The summed E-state index contributed by atoms with van der Waals surface area (Å²) in [4.78, 5) is 12.6. The summed E-state index contributed by atoms with van der Waals surface area (Å²) in [6.07, 6.45) is 51.3. The monoisotopic (exact) mass is 768 g/mol. The Morgan fingerprint density at radius 2 is 0.849 bits per heavy atom. The molecule has 2 unspecified atom stereocenters. The number of amides is 1. The van der Waals surface area contributed by atoms with Crippen molar-refractivity contribution in [1.82, 2.24) is 5.32 Å². The molecule has 0 aromatic heterocycles. The summed E-state index contributed by atoms with van der Waals surface area (Å²) < 4.78 is 32.6. The van der Waals surface area contributed by atoms with Crippen LogP contribution in [0.5, 0.6) is 0 Å². The molecule has 0 saturated heterocycles. The molecule has 53 heavy (non-hydrogen) atoms. The Kier molecular flexibility index (Phi) is 39.6. The Bertz CT molecular complexity index is 934. The number of unbranched alkanes of at least 4 members (excludes halogenated alkanes) is 30. The molecule has 0 fully saturated rings. The van der Waals surface area contributed by atoms with E-state index in [2.05, 4.69) is 43.5 Å². The van der Waals surface area contributed by atoms with Gasteiger partial charge in [0.15, 0.2) is 0 Å². The van der Waals surface area contributed by atoms with Crippen LogP contribution in [0, 0.1) is 0 Å². The molecule has 314 valence electrons. The predicted molar refractivity (Wildman–Crippen MR) is 230 cm³/mol. The molecule has 0 bridgehead atoms. The van der Waals surface area contributed by atoms with Crippen LogP contribution in [0.1, 0.15) is 245 Å². The van der Waals surface area contributed by atoms with Crippen LogP contribution in [-0.4, -0.2) is 41.9 Å². The maximum atomic E-state index is 12.6. The topological polar surface area (TPSA) is 104 Å². The SMILES string of the molecule is CCCCC/C=C\C/C=C\CCCCCCCCCC(=O)NC(CS(=O)(=O)O)C(O)CCCCCCCCCCCCCCCCCCCCCCC. The highest BCUT2D eigenvalue weighted by Gasteiger charge is 2.26. The molecule has 0 heterocycles. The van der Waals surface area contributed by atoms with Crippen LogP contribution in [0.2, 0.25) is 0 Å². The quantitative estimate of drug-likeness (QED) is 0.0326. The van der Waals surface area contributed by atoms with Gasteiger partial charge >= 0.3 is 0 Å². The van der Waals surface area contributed by atoms with E-state index in [0.717, 1.165) is 57.8 Å². The number of aliphatic hydroxyl groups excluding tert-OH is 1. The van der Waals surface area contributed by atoms with Crippen molar-refractivity contribution in [3.05, 3.63) is 24.3 Å². The minimum absolute atomic E-state index is 0.251. The van der Waals surface area contributed by atoms with Crippen LogP contribution < -0.4 is 5.32 Å². The van der Waals surface area contributed by atoms with Gasteiger partial charge in [0.1, 0.15) is 0 Å². The van der Waals surface area contributed by atoms with Crippen LogP contribution >= 0.6 is 0 Å². The van der Waals surface area contributed by atoms with E-state index in [4.69, 9.17) is 0 Å². The minimum atomic E-state index is -4.31. The van der Waals surface area contributed by atoms with Crippen molar-refractivity contribution in [1.29, 1.82) is 0 Å². The molecular weight excluding hydrogens is 679 g/mol. The van der Waals surface area contributed by atoms with Crippen LogP contribution in [0.4, 0.5) is 0 Å². The lowest BCUT2D eigenvalue weighted by atomic mass is 10.0. The summed E-state index contributed by atoms with van der Waals surface area (Å²) >= 11 is 0. The van der Waals surface area contributed by atoms with Crippen molar-refractivity contribution in [2.24, 2.45) is 0 Å². The Balaban J connectivity index is 3.79. The fourth-order valence-corrected chi connectivity index (χ4v) is 7.95. The number of nitrogens with one attached hydrogen (secondary N) is 1. The van der Waals surface area contributed by atoms with Crippen LogP contribution in [-0.2, 0) is 14.9 Å². The van der Waals surface area contributed by atoms with Gasteiger partial charge in [0, 0.05) is 6.42 Å². The van der Waals surface area contributed by atoms with Crippen molar-refractivity contribution in [3.8, 4) is 0 Å². The van der Waals surface area contributed by atoms with E-state index >= 15 is 0 Å². The average molecular weight is 768 g/mol. The number of allylic oxidation sites excluding steroid dienone is 4. The first kappa shape index (κ1) is 51.8. The zero-order valence-corrected chi connectivity index (χ0v) is 36.0. The zero-order chi connectivity index (χ0) is 38.9. The Morgan fingerprint density at radius 3 is 1.26 bits per heavy atom. The van der Waals surface area contributed by atoms with E-state index in [-0.39, 0.29) is 5.91 Å². The normalized spacial score (nSPS) is 13.4. The first-order chi connectivity index (χ1) is 25.8. The van der Waals surface area contributed by atoms with E-state index in [0.29, 0.717) is 12.8 Å². The predicted octanol–water partition coefficient (Wildman–Crippen LogP) is 13.9. The molecule has 0 spiro atoms. The number of rotatable bonds is 42. The van der Waals surface area contributed by atoms with Gasteiger partial charge in [0.25, 0.3) is 10.1 Å². The van der Waals surface area contributed by atoms with Gasteiger partial charge in [-0.05, 0) is 44.9 Å². The van der Waals surface area contributed by atoms with Gasteiger partial charge in [-0.3, -0.25) is 9.35 Å². The first-order valence-electron chi connectivity index (χ1n) is 23.0. The molecule has 0 rings (SSSR count). The highest BCUT2D eigenvalue weighted by atomic mass is 32.2. The van der Waals surface area contributed by atoms with Gasteiger partial charge in [0.2, 0.25) is 5.91 Å². The molecule has 0 saturated carbocycles. The van der Waals surface area contributed by atoms with E-state index in [9.17, 15) is 22.9 Å². The maximum Gasteiger partial charge on any atom is 0.266 e. The summed E-state index contributed by atoms with van der Waals surface area (Å²) in [5.41, 5.74) is 0. The van der Waals surface area contributed by atoms with E-state index in [1.165, 1.54) is 161 Å². The van der Waals surface area contributed by atoms with Crippen molar-refractivity contribution in [2.75, 3.05) is 5.75 Å². The van der Waals surface area contributed by atoms with E-state index < -0.39 is 28.0 Å². The molecular formula is C46H89NO5S. The molecule has 0 aliphatic heterocycles. The smallest absolute Gasteiger partial charge is 0.266 e. The number of hydrogen-bond acceptors (Lipinski definition) is 4. The molecule has 0 aromatic carbocycles. The lowest BCUT2D eigenvalue weighted by molar-refractivity contribution is -0.122. The van der Waals surface area contributed by atoms with Gasteiger partial charge in [-0.25, -0.2) is 0 Å². The van der Waals surface area contributed by atoms with Crippen molar-refractivity contribution in [2.45, 2.75) is 257 Å². The van der Waals surface area contributed by atoms with E-state index in [1.807, 2.05) is 0 Å². The summed E-state index contributed by atoms with van der Waals surface area (Å²) in [7, 11) is -4.31. The number of carbonyl (C=O) groups excluding carboxylic acids is 1. The summed E-state index contributed by atoms with van der Waals surface area (Å²) in [6.45, 7) is 4.52. The first-order valence-corrected chi connectivity index (χ1v) is 24.6. The van der Waals surface area contributed by atoms with Crippen LogP contribution in [0.15, 0.2) is 24.3 Å². The molecule has 0 aromatic rings. The number of aliphatic hydroxyl groups is 1. The molecule has 6 nitrogen and oxygen atoms in total. The standard InChI is InChI=1S/C46H89NO5S/c1-3-5-7-9-11-13-15-17-19-21-22-23-24-26-27-29-31-33-35-37-39-41-45(48)44(43-53(50,51)52)47-46(49)42-40-38-36-34-32-30-28-25-20-18-16-14-12-10-8-6-4-2/h12,14,18,20,44-45,48H,3-11,13,15-17,19,21-43H2,1-2H3,(H,47,49)(H,50,51,52)/b14-12-,20-18-. The Morgan fingerprint density at radius 1 is 0.509 bits per heavy atom. The average Bonchev–Trinajstić information content (AvgIpc) is 3.12. The molecule has 1 amide bonds. The third kappa shape index (κ3) is 41.8. The third-order valence-corrected chi connectivity index (χ3v) is 11.4. The highest BCUT2D eigenvalue weighted by Crippen LogP contribution is 2.17. The molecule has 0 aliphatic carbocycles. The van der Waals surface area contributed by atoms with Crippen LogP contribution in [0.3, 0.4) is 0 Å². The lowest BCUT2D eigenvalue weighted by Gasteiger charge is -2.23. The summed E-state index contributed by atoms with van der Waals surface area (Å²) in [6, 6.07) is -0.974. The zero-order valence-electron chi connectivity index (χ0n) is 35.2.